The smallest absolute Gasteiger partial charge is 0.230 e. The maximum absolute atomic E-state index is 4.68. The lowest BCUT2D eigenvalue weighted by Crippen LogP contribution is -2.32. The van der Waals surface area contributed by atoms with E-state index in [0.29, 0.717) is 5.92 Å². The fourth-order valence-electron chi connectivity index (χ4n) is 2.39. The molecule has 3 heterocycles. The standard InChI is InChI=1S/C15H21N5S/c1-10(2)13-16-14(19(3)4)18-15(17-13)20-7-5-12-11(9-20)6-8-21-12/h6,8,10H,5,7,9H2,1-4H3. The van der Waals surface area contributed by atoms with Gasteiger partial charge in [-0.05, 0) is 23.4 Å². The second-order valence-electron chi connectivity index (χ2n) is 5.88. The molecule has 0 unspecified atom stereocenters. The molecule has 2 aromatic rings. The number of fused-ring (bicyclic) bond motifs is 1. The van der Waals surface area contributed by atoms with Gasteiger partial charge in [0.1, 0.15) is 5.82 Å². The largest absolute Gasteiger partial charge is 0.347 e. The van der Waals surface area contributed by atoms with Gasteiger partial charge < -0.3 is 9.80 Å². The number of nitrogens with zero attached hydrogens (tertiary/aromatic N) is 5. The Morgan fingerprint density at radius 2 is 2.05 bits per heavy atom. The molecule has 0 amide bonds. The first-order valence-corrected chi connectivity index (χ1v) is 8.16. The molecular formula is C15H21N5S. The molecule has 0 atom stereocenters. The summed E-state index contributed by atoms with van der Waals surface area (Å²) in [5.41, 5.74) is 1.41. The zero-order chi connectivity index (χ0) is 15.0. The lowest BCUT2D eigenvalue weighted by molar-refractivity contribution is 0.688. The Kier molecular flexibility index (Phi) is 3.80. The number of aromatic nitrogens is 3. The minimum Gasteiger partial charge on any atom is -0.347 e. The van der Waals surface area contributed by atoms with Crippen LogP contribution in [-0.4, -0.2) is 35.6 Å². The fourth-order valence-corrected chi connectivity index (χ4v) is 3.28. The number of rotatable bonds is 3. The summed E-state index contributed by atoms with van der Waals surface area (Å²) < 4.78 is 0. The van der Waals surface area contributed by atoms with Gasteiger partial charge >= 0.3 is 0 Å². The van der Waals surface area contributed by atoms with Gasteiger partial charge in [0.05, 0.1) is 0 Å². The first-order chi connectivity index (χ1) is 10.0. The van der Waals surface area contributed by atoms with Crippen molar-refractivity contribution in [2.24, 2.45) is 0 Å². The Labute approximate surface area is 129 Å². The molecule has 0 bridgehead atoms. The zero-order valence-corrected chi connectivity index (χ0v) is 13.8. The molecule has 0 aliphatic carbocycles. The number of hydrogen-bond donors (Lipinski definition) is 0. The van der Waals surface area contributed by atoms with E-state index >= 15 is 0 Å². The van der Waals surface area contributed by atoms with Crippen LogP contribution in [0.2, 0.25) is 0 Å². The molecule has 0 aromatic carbocycles. The Morgan fingerprint density at radius 1 is 1.24 bits per heavy atom. The Balaban J connectivity index is 1.95. The molecule has 2 aromatic heterocycles. The quantitative estimate of drug-likeness (QED) is 0.872. The average Bonchev–Trinajstić information content (AvgIpc) is 2.94. The van der Waals surface area contributed by atoms with Crippen molar-refractivity contribution in [3.05, 3.63) is 27.7 Å². The molecule has 0 fully saturated rings. The molecule has 5 nitrogen and oxygen atoms in total. The minimum absolute atomic E-state index is 0.298. The third-order valence-electron chi connectivity index (χ3n) is 3.64. The third-order valence-corrected chi connectivity index (χ3v) is 4.66. The molecule has 0 saturated heterocycles. The second kappa shape index (κ2) is 5.60. The molecule has 112 valence electrons. The minimum atomic E-state index is 0.298. The summed E-state index contributed by atoms with van der Waals surface area (Å²) in [7, 11) is 3.94. The van der Waals surface area contributed by atoms with Crippen LogP contribution in [0.5, 0.6) is 0 Å². The molecule has 1 aliphatic rings. The van der Waals surface area contributed by atoms with E-state index in [1.54, 1.807) is 0 Å². The van der Waals surface area contributed by atoms with E-state index in [9.17, 15) is 0 Å². The molecule has 0 saturated carbocycles. The van der Waals surface area contributed by atoms with Crippen LogP contribution in [0.25, 0.3) is 0 Å². The topological polar surface area (TPSA) is 45.2 Å². The second-order valence-corrected chi connectivity index (χ2v) is 6.88. The van der Waals surface area contributed by atoms with Crippen molar-refractivity contribution in [1.29, 1.82) is 0 Å². The predicted octanol–water partition coefficient (Wildman–Crippen LogP) is 2.69. The van der Waals surface area contributed by atoms with Gasteiger partial charge in [0.25, 0.3) is 0 Å². The van der Waals surface area contributed by atoms with Crippen LogP contribution in [0.15, 0.2) is 11.4 Å². The lowest BCUT2D eigenvalue weighted by Gasteiger charge is -2.28. The highest BCUT2D eigenvalue weighted by molar-refractivity contribution is 7.10. The van der Waals surface area contributed by atoms with Crippen LogP contribution in [0.3, 0.4) is 0 Å². The van der Waals surface area contributed by atoms with Crippen molar-refractivity contribution in [3.8, 4) is 0 Å². The summed E-state index contributed by atoms with van der Waals surface area (Å²) in [6.07, 6.45) is 1.08. The maximum atomic E-state index is 4.68. The SMILES string of the molecule is CC(C)c1nc(N(C)C)nc(N2CCc3sccc3C2)n1. The summed E-state index contributed by atoms with van der Waals surface area (Å²) in [4.78, 5) is 19.5. The van der Waals surface area contributed by atoms with Crippen molar-refractivity contribution in [3.63, 3.8) is 0 Å². The van der Waals surface area contributed by atoms with Gasteiger partial charge in [-0.2, -0.15) is 15.0 Å². The highest BCUT2D eigenvalue weighted by Gasteiger charge is 2.21. The molecule has 3 rings (SSSR count). The van der Waals surface area contributed by atoms with Gasteiger partial charge in [0.15, 0.2) is 0 Å². The van der Waals surface area contributed by atoms with E-state index in [4.69, 9.17) is 0 Å². The number of hydrogen-bond acceptors (Lipinski definition) is 6. The summed E-state index contributed by atoms with van der Waals surface area (Å²) in [5, 5.41) is 2.17. The average molecular weight is 303 g/mol. The predicted molar refractivity (Wildman–Crippen MR) is 87.3 cm³/mol. The van der Waals surface area contributed by atoms with Crippen LogP contribution in [0, 0.1) is 0 Å². The van der Waals surface area contributed by atoms with E-state index in [0.717, 1.165) is 37.2 Å². The van der Waals surface area contributed by atoms with Gasteiger partial charge in [-0.15, -0.1) is 11.3 Å². The van der Waals surface area contributed by atoms with Gasteiger partial charge in [0, 0.05) is 38.0 Å². The first kappa shape index (κ1) is 14.3. The molecule has 21 heavy (non-hydrogen) atoms. The van der Waals surface area contributed by atoms with E-state index in [1.807, 2.05) is 30.3 Å². The number of anilines is 2. The van der Waals surface area contributed by atoms with Gasteiger partial charge in [0.2, 0.25) is 11.9 Å². The van der Waals surface area contributed by atoms with Crippen molar-refractivity contribution < 1.29 is 0 Å². The fraction of sp³-hybridized carbons (Fsp3) is 0.533. The zero-order valence-electron chi connectivity index (χ0n) is 13.0. The highest BCUT2D eigenvalue weighted by atomic mass is 32.1. The molecule has 0 radical (unpaired) electrons. The lowest BCUT2D eigenvalue weighted by atomic mass is 10.1. The first-order valence-electron chi connectivity index (χ1n) is 7.28. The van der Waals surface area contributed by atoms with Crippen LogP contribution in [-0.2, 0) is 13.0 Å². The highest BCUT2D eigenvalue weighted by Crippen LogP contribution is 2.27. The molecular weight excluding hydrogens is 282 g/mol. The normalized spacial score (nSPS) is 14.4. The molecule has 0 N–H and O–H groups in total. The Bertz CT molecular complexity index is 608. The Hall–Kier alpha value is -1.69. The van der Waals surface area contributed by atoms with Crippen molar-refractivity contribution in [1.82, 2.24) is 15.0 Å². The monoisotopic (exact) mass is 303 g/mol. The Morgan fingerprint density at radius 3 is 2.76 bits per heavy atom. The van der Waals surface area contributed by atoms with Crippen molar-refractivity contribution >= 4 is 23.2 Å². The summed E-state index contributed by atoms with van der Waals surface area (Å²) in [6, 6.07) is 2.21. The maximum Gasteiger partial charge on any atom is 0.230 e. The van der Waals surface area contributed by atoms with Crippen LogP contribution in [0.1, 0.15) is 36.0 Å². The number of thiophene rings is 1. The molecule has 6 heteroatoms. The van der Waals surface area contributed by atoms with Crippen molar-refractivity contribution in [2.45, 2.75) is 32.7 Å². The summed E-state index contributed by atoms with van der Waals surface area (Å²) in [6.45, 7) is 6.10. The van der Waals surface area contributed by atoms with Gasteiger partial charge in [-0.3, -0.25) is 0 Å². The van der Waals surface area contributed by atoms with Crippen LogP contribution in [0.4, 0.5) is 11.9 Å². The summed E-state index contributed by atoms with van der Waals surface area (Å²) >= 11 is 1.85. The van der Waals surface area contributed by atoms with Gasteiger partial charge in [-0.1, -0.05) is 13.8 Å². The summed E-state index contributed by atoms with van der Waals surface area (Å²) in [5.74, 6) is 2.70. The third kappa shape index (κ3) is 2.85. The molecule has 1 aliphatic heterocycles. The van der Waals surface area contributed by atoms with E-state index < -0.39 is 0 Å². The van der Waals surface area contributed by atoms with E-state index in [1.165, 1.54) is 10.4 Å². The van der Waals surface area contributed by atoms with E-state index in [2.05, 4.69) is 45.1 Å². The van der Waals surface area contributed by atoms with Crippen LogP contribution < -0.4 is 9.80 Å². The van der Waals surface area contributed by atoms with E-state index in [-0.39, 0.29) is 0 Å². The van der Waals surface area contributed by atoms with Gasteiger partial charge in [-0.25, -0.2) is 0 Å². The molecule has 0 spiro atoms. The van der Waals surface area contributed by atoms with Crippen molar-refractivity contribution in [2.75, 3.05) is 30.4 Å². The van der Waals surface area contributed by atoms with Crippen LogP contribution >= 0.6 is 11.3 Å².